The van der Waals surface area contributed by atoms with E-state index in [0.717, 1.165) is 0 Å². The van der Waals surface area contributed by atoms with Crippen molar-refractivity contribution in [1.82, 2.24) is 25.9 Å². The zero-order chi connectivity index (χ0) is 28.1. The molecule has 13 N–H and O–H groups in total. The quantitative estimate of drug-likeness (QED) is 0.0555. The Morgan fingerprint density at radius 3 is 2.22 bits per heavy atom. The van der Waals surface area contributed by atoms with E-state index < -0.39 is 66.4 Å². The standard InChI is InChI=1S/C20H33N9O8/c1-9(30)15(29-16(33)11(21)6-14(31)32)18(35)28-13(5-10-7-24-8-26-10)17(34)27-12(19(36)37)3-2-4-25-20(22)23/h7-9,11-13,15,30H,2-6,21H2,1H3,(H,24,26)(H,27,34)(H,28,35)(H,29,33)(H,31,32)(H,36,37)(H4,22,23,25). The first-order chi connectivity index (χ1) is 17.3. The summed E-state index contributed by atoms with van der Waals surface area (Å²) in [4.78, 5) is 70.8. The average Bonchev–Trinajstić information content (AvgIpc) is 3.30. The van der Waals surface area contributed by atoms with Gasteiger partial charge in [0, 0.05) is 24.9 Å². The summed E-state index contributed by atoms with van der Waals surface area (Å²) < 4.78 is 0. The third-order valence-corrected chi connectivity index (χ3v) is 4.97. The Kier molecular flexibility index (Phi) is 12.5. The van der Waals surface area contributed by atoms with Gasteiger partial charge in [-0.15, -0.1) is 0 Å². The predicted molar refractivity (Wildman–Crippen MR) is 128 cm³/mol. The molecule has 0 aliphatic heterocycles. The number of nitrogens with zero attached hydrogens (tertiary/aromatic N) is 2. The summed E-state index contributed by atoms with van der Waals surface area (Å²) in [6.45, 7) is 1.32. The molecule has 5 atom stereocenters. The number of carbonyl (C=O) groups is 5. The lowest BCUT2D eigenvalue weighted by molar-refractivity contribution is -0.142. The number of nitrogens with one attached hydrogen (secondary N) is 4. The fraction of sp³-hybridized carbons (Fsp3) is 0.550. The Balaban J connectivity index is 3.00. The lowest BCUT2D eigenvalue weighted by Crippen LogP contribution is -2.60. The normalized spacial score (nSPS) is 14.8. The first-order valence-corrected chi connectivity index (χ1v) is 11.1. The van der Waals surface area contributed by atoms with Crippen molar-refractivity contribution in [3.05, 3.63) is 18.2 Å². The number of carboxylic acid groups (broad SMARTS) is 2. The maximum atomic E-state index is 13.0. The number of aliphatic imine (C=N–C) groups is 1. The van der Waals surface area contributed by atoms with E-state index in [0.29, 0.717) is 5.69 Å². The van der Waals surface area contributed by atoms with Crippen molar-refractivity contribution in [3.63, 3.8) is 0 Å². The molecule has 5 unspecified atom stereocenters. The van der Waals surface area contributed by atoms with Crippen LogP contribution in [0.4, 0.5) is 0 Å². The van der Waals surface area contributed by atoms with E-state index in [9.17, 15) is 34.2 Å². The highest BCUT2D eigenvalue weighted by Gasteiger charge is 2.33. The molecule has 1 aromatic heterocycles. The van der Waals surface area contributed by atoms with E-state index in [1.807, 2.05) is 0 Å². The SMILES string of the molecule is CC(O)C(NC(=O)C(N)CC(=O)O)C(=O)NC(Cc1cnc[nH]1)C(=O)NC(CCCN=C(N)N)C(=O)O. The van der Waals surface area contributed by atoms with Crippen LogP contribution >= 0.6 is 0 Å². The minimum atomic E-state index is -1.60. The van der Waals surface area contributed by atoms with Crippen LogP contribution in [0.1, 0.15) is 31.9 Å². The highest BCUT2D eigenvalue weighted by Crippen LogP contribution is 2.05. The molecule has 17 heteroatoms. The summed E-state index contributed by atoms with van der Waals surface area (Å²) in [7, 11) is 0. The summed E-state index contributed by atoms with van der Waals surface area (Å²) in [5, 5.41) is 35.2. The molecule has 0 saturated carbocycles. The summed E-state index contributed by atoms with van der Waals surface area (Å²) in [6.07, 6.45) is 0.615. The van der Waals surface area contributed by atoms with Crippen molar-refractivity contribution in [2.24, 2.45) is 22.2 Å². The van der Waals surface area contributed by atoms with Gasteiger partial charge in [0.2, 0.25) is 17.7 Å². The minimum absolute atomic E-state index is 0.0175. The van der Waals surface area contributed by atoms with Crippen LogP contribution in [0.3, 0.4) is 0 Å². The monoisotopic (exact) mass is 527 g/mol. The second-order valence-electron chi connectivity index (χ2n) is 8.12. The molecule has 1 aromatic rings. The summed E-state index contributed by atoms with van der Waals surface area (Å²) in [5.41, 5.74) is 16.4. The second kappa shape index (κ2) is 15.0. The number of imidazole rings is 1. The van der Waals surface area contributed by atoms with Crippen molar-refractivity contribution in [2.45, 2.75) is 62.9 Å². The van der Waals surface area contributed by atoms with Gasteiger partial charge in [-0.3, -0.25) is 24.2 Å². The van der Waals surface area contributed by atoms with Crippen LogP contribution in [0.5, 0.6) is 0 Å². The smallest absolute Gasteiger partial charge is 0.326 e. The molecule has 0 fully saturated rings. The molecular weight excluding hydrogens is 494 g/mol. The van der Waals surface area contributed by atoms with Gasteiger partial charge in [0.25, 0.3) is 0 Å². The largest absolute Gasteiger partial charge is 0.481 e. The van der Waals surface area contributed by atoms with E-state index in [1.165, 1.54) is 19.4 Å². The van der Waals surface area contributed by atoms with Gasteiger partial charge < -0.3 is 53.5 Å². The highest BCUT2D eigenvalue weighted by atomic mass is 16.4. The van der Waals surface area contributed by atoms with Crippen molar-refractivity contribution >= 4 is 35.6 Å². The summed E-state index contributed by atoms with van der Waals surface area (Å²) >= 11 is 0. The molecule has 0 spiro atoms. The predicted octanol–water partition coefficient (Wildman–Crippen LogP) is -4.27. The van der Waals surface area contributed by atoms with Crippen LogP contribution in [0, 0.1) is 0 Å². The number of aliphatic hydroxyl groups excluding tert-OH is 1. The number of hydrogen-bond acceptors (Lipinski definition) is 9. The molecular formula is C20H33N9O8. The molecule has 0 aromatic carbocycles. The van der Waals surface area contributed by atoms with E-state index in [2.05, 4.69) is 30.9 Å². The number of nitrogens with two attached hydrogens (primary N) is 3. The third-order valence-electron chi connectivity index (χ3n) is 4.97. The van der Waals surface area contributed by atoms with E-state index in [4.69, 9.17) is 22.3 Å². The van der Waals surface area contributed by atoms with Gasteiger partial charge in [0.1, 0.15) is 18.1 Å². The van der Waals surface area contributed by atoms with E-state index in [1.54, 1.807) is 0 Å². The molecule has 1 rings (SSSR count). The van der Waals surface area contributed by atoms with E-state index in [-0.39, 0.29) is 31.8 Å². The molecule has 17 nitrogen and oxygen atoms in total. The van der Waals surface area contributed by atoms with Crippen LogP contribution in [-0.2, 0) is 30.4 Å². The number of aromatic nitrogens is 2. The van der Waals surface area contributed by atoms with Crippen molar-refractivity contribution in [1.29, 1.82) is 0 Å². The molecule has 0 saturated heterocycles. The minimum Gasteiger partial charge on any atom is -0.481 e. The number of hydrogen-bond donors (Lipinski definition) is 10. The average molecular weight is 528 g/mol. The molecule has 3 amide bonds. The Labute approximate surface area is 211 Å². The molecule has 0 aliphatic carbocycles. The summed E-state index contributed by atoms with van der Waals surface area (Å²) in [5.74, 6) is -5.71. The number of carboxylic acids is 2. The van der Waals surface area contributed by atoms with Gasteiger partial charge in [-0.1, -0.05) is 0 Å². The third kappa shape index (κ3) is 11.4. The van der Waals surface area contributed by atoms with Gasteiger partial charge in [-0.25, -0.2) is 9.78 Å². The first kappa shape index (κ1) is 30.8. The molecule has 1 heterocycles. The second-order valence-corrected chi connectivity index (χ2v) is 8.12. The van der Waals surface area contributed by atoms with Crippen LogP contribution in [-0.4, -0.2) is 97.7 Å². The van der Waals surface area contributed by atoms with E-state index >= 15 is 0 Å². The summed E-state index contributed by atoms with van der Waals surface area (Å²) in [6, 6.07) is -5.77. The number of carbonyl (C=O) groups excluding carboxylic acids is 3. The Bertz CT molecular complexity index is 963. The van der Waals surface area contributed by atoms with Crippen LogP contribution in [0.15, 0.2) is 17.5 Å². The van der Waals surface area contributed by atoms with Crippen molar-refractivity contribution in [3.8, 4) is 0 Å². The highest BCUT2D eigenvalue weighted by molar-refractivity contribution is 5.95. The van der Waals surface area contributed by atoms with Gasteiger partial charge in [0.05, 0.1) is 24.9 Å². The fourth-order valence-corrected chi connectivity index (χ4v) is 3.07. The number of H-pyrrole nitrogens is 1. The number of aromatic amines is 1. The molecule has 0 bridgehead atoms. The molecule has 0 aliphatic rings. The van der Waals surface area contributed by atoms with Gasteiger partial charge in [0.15, 0.2) is 5.96 Å². The number of guanidine groups is 1. The van der Waals surface area contributed by atoms with Gasteiger partial charge >= 0.3 is 11.9 Å². The maximum Gasteiger partial charge on any atom is 0.326 e. The molecule has 37 heavy (non-hydrogen) atoms. The zero-order valence-electron chi connectivity index (χ0n) is 20.1. The molecule has 206 valence electrons. The lowest BCUT2D eigenvalue weighted by Gasteiger charge is -2.26. The molecule has 0 radical (unpaired) electrons. The van der Waals surface area contributed by atoms with Crippen LogP contribution in [0.2, 0.25) is 0 Å². The lowest BCUT2D eigenvalue weighted by atomic mass is 10.1. The van der Waals surface area contributed by atoms with Gasteiger partial charge in [-0.2, -0.15) is 0 Å². The Hall–Kier alpha value is -4.25. The Morgan fingerprint density at radius 1 is 1.05 bits per heavy atom. The van der Waals surface area contributed by atoms with Crippen molar-refractivity contribution in [2.75, 3.05) is 6.54 Å². The number of rotatable bonds is 16. The number of aliphatic carboxylic acids is 2. The topological polar surface area (TPSA) is 301 Å². The first-order valence-electron chi connectivity index (χ1n) is 11.1. The van der Waals surface area contributed by atoms with Gasteiger partial charge in [-0.05, 0) is 19.8 Å². The van der Waals surface area contributed by atoms with Crippen molar-refractivity contribution < 1.29 is 39.3 Å². The maximum absolute atomic E-state index is 13.0. The Morgan fingerprint density at radius 2 is 1.70 bits per heavy atom. The van der Waals surface area contributed by atoms with Crippen LogP contribution < -0.4 is 33.2 Å². The van der Waals surface area contributed by atoms with Crippen LogP contribution in [0.25, 0.3) is 0 Å². The fourth-order valence-electron chi connectivity index (χ4n) is 3.07. The number of amides is 3. The zero-order valence-corrected chi connectivity index (χ0v) is 20.1. The number of aliphatic hydroxyl groups is 1.